The van der Waals surface area contributed by atoms with Crippen LogP contribution in [0, 0.1) is 6.92 Å². The van der Waals surface area contributed by atoms with E-state index in [2.05, 4.69) is 5.32 Å². The Morgan fingerprint density at radius 3 is 2.88 bits per heavy atom. The van der Waals surface area contributed by atoms with Gasteiger partial charge in [-0.3, -0.25) is 0 Å². The lowest BCUT2D eigenvalue weighted by atomic mass is 10.0. The first-order chi connectivity index (χ1) is 8.24. The minimum absolute atomic E-state index is 0.693. The van der Waals surface area contributed by atoms with Gasteiger partial charge < -0.3 is 14.8 Å². The van der Waals surface area contributed by atoms with Crippen molar-refractivity contribution in [3.05, 3.63) is 22.2 Å². The maximum atomic E-state index is 6.29. The molecule has 1 aromatic rings. The van der Waals surface area contributed by atoms with Crippen LogP contribution in [-0.2, 0) is 6.42 Å². The van der Waals surface area contributed by atoms with Crippen LogP contribution in [0.25, 0.3) is 0 Å². The van der Waals surface area contributed by atoms with Crippen LogP contribution in [0.3, 0.4) is 0 Å². The van der Waals surface area contributed by atoms with Crippen LogP contribution in [0.4, 0.5) is 0 Å². The van der Waals surface area contributed by atoms with Crippen molar-refractivity contribution in [2.75, 3.05) is 26.8 Å². The van der Waals surface area contributed by atoms with E-state index in [1.807, 2.05) is 20.0 Å². The Bertz CT molecular complexity index is 407. The molecular weight excluding hydrogens is 238 g/mol. The maximum absolute atomic E-state index is 6.29. The molecule has 1 heterocycles. The fourth-order valence-corrected chi connectivity index (χ4v) is 2.36. The summed E-state index contributed by atoms with van der Waals surface area (Å²) in [6.45, 7) is 4.35. The summed E-state index contributed by atoms with van der Waals surface area (Å²) in [5, 5.41) is 3.90. The summed E-state index contributed by atoms with van der Waals surface area (Å²) in [5.41, 5.74) is 2.25. The van der Waals surface area contributed by atoms with Gasteiger partial charge in [-0.05, 0) is 38.1 Å². The third-order valence-corrected chi connectivity index (χ3v) is 3.32. The van der Waals surface area contributed by atoms with Crippen molar-refractivity contribution in [1.29, 1.82) is 0 Å². The highest BCUT2D eigenvalue weighted by Crippen LogP contribution is 2.39. The number of benzene rings is 1. The summed E-state index contributed by atoms with van der Waals surface area (Å²) >= 11 is 6.29. The topological polar surface area (TPSA) is 30.5 Å². The SMILES string of the molecule is CNCCc1c(Cl)cc2c(c1C)OCCCO2. The molecular formula is C13H18ClNO2. The third kappa shape index (κ3) is 2.67. The molecule has 1 aliphatic rings. The molecule has 0 saturated heterocycles. The van der Waals surface area contributed by atoms with Crippen molar-refractivity contribution in [1.82, 2.24) is 5.32 Å². The molecule has 0 bridgehead atoms. The Morgan fingerprint density at radius 1 is 1.35 bits per heavy atom. The van der Waals surface area contributed by atoms with Crippen molar-refractivity contribution in [3.8, 4) is 11.5 Å². The van der Waals surface area contributed by atoms with Crippen molar-refractivity contribution in [2.45, 2.75) is 19.8 Å². The average molecular weight is 256 g/mol. The summed E-state index contributed by atoms with van der Waals surface area (Å²) in [5.74, 6) is 1.64. The standard InChI is InChI=1S/C13H18ClNO2/c1-9-10(4-5-15-2)11(14)8-12-13(9)17-7-3-6-16-12/h8,15H,3-7H2,1-2H3. The zero-order valence-electron chi connectivity index (χ0n) is 10.3. The largest absolute Gasteiger partial charge is 0.489 e. The lowest BCUT2D eigenvalue weighted by Gasteiger charge is -2.15. The Labute approximate surface area is 107 Å². The molecule has 0 saturated carbocycles. The van der Waals surface area contributed by atoms with Crippen molar-refractivity contribution >= 4 is 11.6 Å². The first-order valence-electron chi connectivity index (χ1n) is 5.96. The molecule has 0 aliphatic carbocycles. The van der Waals surface area contributed by atoms with Gasteiger partial charge in [0, 0.05) is 17.5 Å². The summed E-state index contributed by atoms with van der Waals surface area (Å²) in [6.07, 6.45) is 1.81. The van der Waals surface area contributed by atoms with Gasteiger partial charge in [0.05, 0.1) is 13.2 Å². The predicted molar refractivity (Wildman–Crippen MR) is 69.4 cm³/mol. The van der Waals surface area contributed by atoms with E-state index in [-0.39, 0.29) is 0 Å². The second kappa shape index (κ2) is 5.61. The van der Waals surface area contributed by atoms with Crippen molar-refractivity contribution in [2.24, 2.45) is 0 Å². The highest BCUT2D eigenvalue weighted by Gasteiger charge is 2.18. The number of fused-ring (bicyclic) bond motifs is 1. The van der Waals surface area contributed by atoms with E-state index in [4.69, 9.17) is 21.1 Å². The lowest BCUT2D eigenvalue weighted by Crippen LogP contribution is -2.12. The first kappa shape index (κ1) is 12.5. The van der Waals surface area contributed by atoms with Crippen LogP contribution in [0.5, 0.6) is 11.5 Å². The number of rotatable bonds is 3. The molecule has 1 aromatic carbocycles. The van der Waals surface area contributed by atoms with E-state index < -0.39 is 0 Å². The van der Waals surface area contributed by atoms with Crippen LogP contribution in [0.1, 0.15) is 17.5 Å². The van der Waals surface area contributed by atoms with Crippen LogP contribution in [-0.4, -0.2) is 26.8 Å². The van der Waals surface area contributed by atoms with Gasteiger partial charge in [-0.15, -0.1) is 0 Å². The molecule has 1 N–H and O–H groups in total. The predicted octanol–water partition coefficient (Wildman–Crippen LogP) is 2.57. The second-order valence-electron chi connectivity index (χ2n) is 4.19. The van der Waals surface area contributed by atoms with E-state index in [0.717, 1.165) is 47.0 Å². The van der Waals surface area contributed by atoms with Gasteiger partial charge in [0.25, 0.3) is 0 Å². The number of hydrogen-bond acceptors (Lipinski definition) is 3. The second-order valence-corrected chi connectivity index (χ2v) is 4.60. The average Bonchev–Trinajstić information content (AvgIpc) is 2.54. The number of likely N-dealkylation sites (N-methyl/N-ethyl adjacent to an activating group) is 1. The smallest absolute Gasteiger partial charge is 0.164 e. The zero-order valence-corrected chi connectivity index (χ0v) is 11.1. The first-order valence-corrected chi connectivity index (χ1v) is 6.34. The Kier molecular flexibility index (Phi) is 4.13. The third-order valence-electron chi connectivity index (χ3n) is 2.98. The van der Waals surface area contributed by atoms with Crippen molar-refractivity contribution in [3.63, 3.8) is 0 Å². The van der Waals surface area contributed by atoms with E-state index >= 15 is 0 Å². The highest BCUT2D eigenvalue weighted by molar-refractivity contribution is 6.31. The van der Waals surface area contributed by atoms with E-state index in [9.17, 15) is 0 Å². The number of ether oxygens (including phenoxy) is 2. The molecule has 0 spiro atoms. The molecule has 0 atom stereocenters. The van der Waals surface area contributed by atoms with Gasteiger partial charge in [0.1, 0.15) is 0 Å². The van der Waals surface area contributed by atoms with Gasteiger partial charge in [-0.25, -0.2) is 0 Å². The van der Waals surface area contributed by atoms with Gasteiger partial charge in [0.2, 0.25) is 0 Å². The maximum Gasteiger partial charge on any atom is 0.164 e. The summed E-state index contributed by atoms with van der Waals surface area (Å²) in [4.78, 5) is 0. The highest BCUT2D eigenvalue weighted by atomic mass is 35.5. The van der Waals surface area contributed by atoms with Gasteiger partial charge >= 0.3 is 0 Å². The quantitative estimate of drug-likeness (QED) is 0.901. The molecule has 0 aromatic heterocycles. The molecule has 2 rings (SSSR count). The van der Waals surface area contributed by atoms with Crippen LogP contribution < -0.4 is 14.8 Å². The Morgan fingerprint density at radius 2 is 2.12 bits per heavy atom. The van der Waals surface area contributed by atoms with E-state index in [0.29, 0.717) is 13.2 Å². The summed E-state index contributed by atoms with van der Waals surface area (Å²) < 4.78 is 11.4. The minimum atomic E-state index is 0.693. The van der Waals surface area contributed by atoms with Crippen molar-refractivity contribution < 1.29 is 9.47 Å². The van der Waals surface area contributed by atoms with Crippen LogP contribution in [0.15, 0.2) is 6.07 Å². The molecule has 0 amide bonds. The zero-order chi connectivity index (χ0) is 12.3. The van der Waals surface area contributed by atoms with Gasteiger partial charge in [-0.1, -0.05) is 11.6 Å². The summed E-state index contributed by atoms with van der Waals surface area (Å²) in [7, 11) is 1.94. The molecule has 4 heteroatoms. The molecule has 1 aliphatic heterocycles. The van der Waals surface area contributed by atoms with E-state index in [1.165, 1.54) is 0 Å². The number of halogens is 1. The number of hydrogen-bond donors (Lipinski definition) is 1. The van der Waals surface area contributed by atoms with Crippen LogP contribution >= 0.6 is 11.6 Å². The Balaban J connectivity index is 2.37. The summed E-state index contributed by atoms with van der Waals surface area (Å²) in [6, 6.07) is 1.88. The molecule has 3 nitrogen and oxygen atoms in total. The molecule has 0 unspecified atom stereocenters. The minimum Gasteiger partial charge on any atom is -0.489 e. The van der Waals surface area contributed by atoms with E-state index in [1.54, 1.807) is 0 Å². The fourth-order valence-electron chi connectivity index (χ4n) is 2.03. The normalized spacial score (nSPS) is 14.5. The van der Waals surface area contributed by atoms with Gasteiger partial charge in [-0.2, -0.15) is 0 Å². The van der Waals surface area contributed by atoms with Crippen LogP contribution in [0.2, 0.25) is 5.02 Å². The monoisotopic (exact) mass is 255 g/mol. The molecule has 0 radical (unpaired) electrons. The fraction of sp³-hybridized carbons (Fsp3) is 0.538. The molecule has 0 fully saturated rings. The Hall–Kier alpha value is -0.930. The lowest BCUT2D eigenvalue weighted by molar-refractivity contribution is 0.296. The molecule has 94 valence electrons. The van der Waals surface area contributed by atoms with Gasteiger partial charge in [0.15, 0.2) is 11.5 Å². The molecule has 17 heavy (non-hydrogen) atoms. The number of nitrogens with one attached hydrogen (secondary N) is 1.